The van der Waals surface area contributed by atoms with E-state index in [1.165, 1.54) is 44.2 Å². The molecule has 1 aromatic heterocycles. The lowest BCUT2D eigenvalue weighted by atomic mass is 9.88. The first kappa shape index (κ1) is 21.3. The number of amides is 1. The van der Waals surface area contributed by atoms with Crippen molar-refractivity contribution in [3.8, 4) is 0 Å². The molecule has 1 saturated heterocycles. The third-order valence-corrected chi connectivity index (χ3v) is 7.31. The van der Waals surface area contributed by atoms with E-state index in [4.69, 9.17) is 4.98 Å². The van der Waals surface area contributed by atoms with Crippen LogP contribution in [0.25, 0.3) is 0 Å². The van der Waals surface area contributed by atoms with Crippen LogP contribution in [0.1, 0.15) is 78.4 Å². The van der Waals surface area contributed by atoms with E-state index in [2.05, 4.69) is 9.88 Å². The van der Waals surface area contributed by atoms with E-state index < -0.39 is 5.82 Å². The Morgan fingerprint density at radius 3 is 2.78 bits per heavy atom. The molecule has 5 rings (SSSR count). The third-order valence-electron chi connectivity index (χ3n) is 7.31. The van der Waals surface area contributed by atoms with Crippen molar-refractivity contribution >= 4 is 5.91 Å². The molecule has 1 aliphatic carbocycles. The Bertz CT molecular complexity index is 1050. The quantitative estimate of drug-likeness (QED) is 0.788. The van der Waals surface area contributed by atoms with Gasteiger partial charge in [-0.3, -0.25) is 14.5 Å². The first-order chi connectivity index (χ1) is 15.6. The van der Waals surface area contributed by atoms with E-state index in [1.54, 1.807) is 17.0 Å². The average Bonchev–Trinajstić information content (AvgIpc) is 3.29. The summed E-state index contributed by atoms with van der Waals surface area (Å²) in [4.78, 5) is 38.0. The molecule has 0 bridgehead atoms. The minimum Gasteiger partial charge on any atom is -0.328 e. The molecule has 3 heterocycles. The van der Waals surface area contributed by atoms with Crippen molar-refractivity contribution in [1.82, 2.24) is 19.8 Å². The van der Waals surface area contributed by atoms with Crippen molar-refractivity contribution in [2.75, 3.05) is 19.6 Å². The van der Waals surface area contributed by atoms with Gasteiger partial charge in [0.05, 0.1) is 17.3 Å². The Hall–Kier alpha value is -2.54. The number of carbonyl (C=O) groups excluding carboxylic acids is 1. The van der Waals surface area contributed by atoms with Crippen LogP contribution in [0.15, 0.2) is 29.1 Å². The molecule has 1 aromatic carbocycles. The number of H-pyrrole nitrogens is 1. The van der Waals surface area contributed by atoms with Gasteiger partial charge in [0.1, 0.15) is 11.6 Å². The van der Waals surface area contributed by atoms with Crippen LogP contribution < -0.4 is 5.56 Å². The van der Waals surface area contributed by atoms with E-state index >= 15 is 0 Å². The molecule has 6 nitrogen and oxygen atoms in total. The Kier molecular flexibility index (Phi) is 6.09. The highest BCUT2D eigenvalue weighted by Gasteiger charge is 2.34. The number of carbonyl (C=O) groups is 1. The fourth-order valence-electron chi connectivity index (χ4n) is 5.63. The highest BCUT2D eigenvalue weighted by Crippen LogP contribution is 2.32. The highest BCUT2D eigenvalue weighted by atomic mass is 19.1. The second-order valence-electron chi connectivity index (χ2n) is 9.53. The molecule has 1 N–H and O–H groups in total. The van der Waals surface area contributed by atoms with Crippen LogP contribution in [0.5, 0.6) is 0 Å². The number of fused-ring (bicyclic) bond motifs is 1. The molecule has 2 aromatic rings. The first-order valence-electron chi connectivity index (χ1n) is 12.0. The van der Waals surface area contributed by atoms with Gasteiger partial charge in [0.25, 0.3) is 11.5 Å². The summed E-state index contributed by atoms with van der Waals surface area (Å²) in [5.74, 6) is 0.671. The summed E-state index contributed by atoms with van der Waals surface area (Å²) < 4.78 is 13.6. The van der Waals surface area contributed by atoms with E-state index in [-0.39, 0.29) is 17.5 Å². The Morgan fingerprint density at radius 2 is 1.97 bits per heavy atom. The molecule has 0 radical (unpaired) electrons. The van der Waals surface area contributed by atoms with Gasteiger partial charge >= 0.3 is 0 Å². The van der Waals surface area contributed by atoms with Crippen LogP contribution in [0.4, 0.5) is 4.39 Å². The molecule has 2 aliphatic heterocycles. The maximum absolute atomic E-state index is 13.6. The van der Waals surface area contributed by atoms with Gasteiger partial charge in [-0.15, -0.1) is 0 Å². The summed E-state index contributed by atoms with van der Waals surface area (Å²) in [7, 11) is 0. The van der Waals surface area contributed by atoms with Crippen molar-refractivity contribution < 1.29 is 9.18 Å². The van der Waals surface area contributed by atoms with Gasteiger partial charge in [-0.05, 0) is 49.8 Å². The summed E-state index contributed by atoms with van der Waals surface area (Å²) in [5.41, 5.74) is 1.89. The minimum absolute atomic E-state index is 0.0802. The van der Waals surface area contributed by atoms with Crippen molar-refractivity contribution in [3.05, 3.63) is 63.1 Å². The molecule has 2 fully saturated rings. The zero-order chi connectivity index (χ0) is 22.1. The number of nitrogens with one attached hydrogen (secondary N) is 1. The van der Waals surface area contributed by atoms with Gasteiger partial charge < -0.3 is 9.88 Å². The van der Waals surface area contributed by atoms with Crippen molar-refractivity contribution in [1.29, 1.82) is 0 Å². The normalized spacial score (nSPS) is 22.2. The number of hydrogen-bond donors (Lipinski definition) is 1. The predicted molar refractivity (Wildman–Crippen MR) is 120 cm³/mol. The van der Waals surface area contributed by atoms with Crippen molar-refractivity contribution in [2.24, 2.45) is 5.92 Å². The molecule has 0 spiro atoms. The predicted octanol–water partition coefficient (Wildman–Crippen LogP) is 3.82. The Labute approximate surface area is 187 Å². The SMILES string of the molecule is O=C(c1cccc(F)c1)N1CCCC1c1nc2c(c(=O)[nH]1)CN(CC1CCCCC1)CC2. The van der Waals surface area contributed by atoms with Crippen LogP contribution in [-0.4, -0.2) is 45.3 Å². The smallest absolute Gasteiger partial charge is 0.255 e. The maximum atomic E-state index is 13.6. The molecule has 7 heteroatoms. The first-order valence-corrected chi connectivity index (χ1v) is 12.0. The molecule has 1 saturated carbocycles. The van der Waals surface area contributed by atoms with Crippen LogP contribution in [0, 0.1) is 11.7 Å². The molecule has 32 heavy (non-hydrogen) atoms. The zero-order valence-electron chi connectivity index (χ0n) is 18.5. The van der Waals surface area contributed by atoms with Crippen molar-refractivity contribution in [2.45, 2.75) is 64.0 Å². The van der Waals surface area contributed by atoms with Crippen molar-refractivity contribution in [3.63, 3.8) is 0 Å². The number of hydrogen-bond acceptors (Lipinski definition) is 4. The zero-order valence-corrected chi connectivity index (χ0v) is 18.5. The lowest BCUT2D eigenvalue weighted by Gasteiger charge is -2.33. The largest absolute Gasteiger partial charge is 0.328 e. The summed E-state index contributed by atoms with van der Waals surface area (Å²) in [6.45, 7) is 3.23. The van der Waals surface area contributed by atoms with Crippen LogP contribution in [0.2, 0.25) is 0 Å². The third kappa shape index (κ3) is 4.35. The summed E-state index contributed by atoms with van der Waals surface area (Å²) in [6, 6.07) is 5.50. The molecular weight excluding hydrogens is 407 g/mol. The van der Waals surface area contributed by atoms with Gasteiger partial charge in [-0.25, -0.2) is 9.37 Å². The lowest BCUT2D eigenvalue weighted by molar-refractivity contribution is 0.0728. The Morgan fingerprint density at radius 1 is 1.12 bits per heavy atom. The van der Waals surface area contributed by atoms with Gasteiger partial charge in [0.2, 0.25) is 0 Å². The van der Waals surface area contributed by atoms with Crippen LogP contribution >= 0.6 is 0 Å². The van der Waals surface area contributed by atoms with Gasteiger partial charge in [-0.2, -0.15) is 0 Å². The molecule has 1 atom stereocenters. The number of aromatic nitrogens is 2. The van der Waals surface area contributed by atoms with Gasteiger partial charge in [-0.1, -0.05) is 25.3 Å². The summed E-state index contributed by atoms with van der Waals surface area (Å²) >= 11 is 0. The summed E-state index contributed by atoms with van der Waals surface area (Å²) in [5, 5.41) is 0. The van der Waals surface area contributed by atoms with E-state index in [0.29, 0.717) is 24.5 Å². The number of aromatic amines is 1. The molecule has 170 valence electrons. The van der Waals surface area contributed by atoms with E-state index in [1.807, 2.05) is 0 Å². The Balaban J connectivity index is 1.33. The molecule has 1 unspecified atom stereocenters. The number of halogens is 1. The number of rotatable bonds is 4. The van der Waals surface area contributed by atoms with E-state index in [9.17, 15) is 14.0 Å². The number of likely N-dealkylation sites (tertiary alicyclic amines) is 1. The lowest BCUT2D eigenvalue weighted by Crippen LogP contribution is -2.40. The monoisotopic (exact) mass is 438 g/mol. The maximum Gasteiger partial charge on any atom is 0.255 e. The topological polar surface area (TPSA) is 69.3 Å². The standard InChI is InChI=1S/C25H31FN4O2/c26-19-9-4-8-18(14-19)25(32)30-12-5-10-22(30)23-27-21-11-13-29(16-20(21)24(31)28-23)15-17-6-2-1-3-7-17/h4,8-9,14,17,22H,1-3,5-7,10-13,15-16H2,(H,27,28,31). The fraction of sp³-hybridized carbons (Fsp3) is 0.560. The van der Waals surface area contributed by atoms with Gasteiger partial charge in [0.15, 0.2) is 0 Å². The average molecular weight is 439 g/mol. The molecule has 3 aliphatic rings. The number of benzene rings is 1. The van der Waals surface area contributed by atoms with Gasteiger partial charge in [0, 0.05) is 38.2 Å². The second kappa shape index (κ2) is 9.14. The molecular formula is C25H31FN4O2. The van der Waals surface area contributed by atoms with E-state index in [0.717, 1.165) is 49.5 Å². The van der Waals surface area contributed by atoms with Crippen LogP contribution in [0.3, 0.4) is 0 Å². The fourth-order valence-corrected chi connectivity index (χ4v) is 5.63. The highest BCUT2D eigenvalue weighted by molar-refractivity contribution is 5.94. The van der Waals surface area contributed by atoms with Crippen LogP contribution in [-0.2, 0) is 13.0 Å². The summed E-state index contributed by atoms with van der Waals surface area (Å²) in [6.07, 6.45) is 8.95. The molecule has 1 amide bonds. The number of nitrogens with zero attached hydrogens (tertiary/aromatic N) is 3. The minimum atomic E-state index is -0.426. The second-order valence-corrected chi connectivity index (χ2v) is 9.53.